The van der Waals surface area contributed by atoms with E-state index in [0.717, 1.165) is 13.0 Å². The first-order valence-electron chi connectivity index (χ1n) is 6.58. The van der Waals surface area contributed by atoms with Crippen LogP contribution in [-0.2, 0) is 9.53 Å². The van der Waals surface area contributed by atoms with Crippen LogP contribution in [0, 0.1) is 5.41 Å². The van der Waals surface area contributed by atoms with Crippen molar-refractivity contribution in [2.75, 3.05) is 26.7 Å². The molecule has 0 saturated carbocycles. The number of rotatable bonds is 4. The Balaban J connectivity index is 2.52. The highest BCUT2D eigenvalue weighted by Gasteiger charge is 2.24. The molecule has 18 heavy (non-hydrogen) atoms. The van der Waals surface area contributed by atoms with Gasteiger partial charge < -0.3 is 15.4 Å². The van der Waals surface area contributed by atoms with E-state index in [4.69, 9.17) is 10.5 Å². The Morgan fingerprint density at radius 2 is 2.22 bits per heavy atom. The molecule has 104 valence electrons. The zero-order valence-corrected chi connectivity index (χ0v) is 12.0. The Hall–Kier alpha value is -0.870. The van der Waals surface area contributed by atoms with Gasteiger partial charge >= 0.3 is 0 Å². The van der Waals surface area contributed by atoms with Gasteiger partial charge in [-0.3, -0.25) is 4.79 Å². The summed E-state index contributed by atoms with van der Waals surface area (Å²) in [6.45, 7) is 8.55. The third-order valence-corrected chi connectivity index (χ3v) is 3.52. The highest BCUT2D eigenvalue weighted by atomic mass is 16.5. The molecule has 4 heteroatoms. The van der Waals surface area contributed by atoms with Crippen molar-refractivity contribution in [3.63, 3.8) is 0 Å². The zero-order valence-electron chi connectivity index (χ0n) is 12.0. The highest BCUT2D eigenvalue weighted by Crippen LogP contribution is 2.30. The van der Waals surface area contributed by atoms with Crippen molar-refractivity contribution in [1.82, 2.24) is 4.90 Å². The normalized spacial score (nSPS) is 18.5. The second kappa shape index (κ2) is 6.34. The van der Waals surface area contributed by atoms with Gasteiger partial charge in [0, 0.05) is 26.7 Å². The van der Waals surface area contributed by atoms with Crippen LogP contribution in [0.3, 0.4) is 0 Å². The van der Waals surface area contributed by atoms with Crippen LogP contribution in [0.1, 0.15) is 33.6 Å². The van der Waals surface area contributed by atoms with Crippen molar-refractivity contribution in [3.8, 4) is 0 Å². The van der Waals surface area contributed by atoms with E-state index in [0.29, 0.717) is 19.5 Å². The summed E-state index contributed by atoms with van der Waals surface area (Å²) in [5, 5.41) is 0. The zero-order chi connectivity index (χ0) is 13.8. The molecule has 1 atom stereocenters. The van der Waals surface area contributed by atoms with E-state index in [1.54, 1.807) is 7.11 Å². The molecule has 1 aliphatic heterocycles. The van der Waals surface area contributed by atoms with Crippen molar-refractivity contribution in [2.24, 2.45) is 11.1 Å². The van der Waals surface area contributed by atoms with E-state index < -0.39 is 0 Å². The van der Waals surface area contributed by atoms with Crippen molar-refractivity contribution < 1.29 is 9.53 Å². The molecule has 0 radical (unpaired) electrons. The molecule has 0 aromatic heterocycles. The van der Waals surface area contributed by atoms with E-state index in [1.165, 1.54) is 5.57 Å². The first-order valence-corrected chi connectivity index (χ1v) is 6.58. The summed E-state index contributed by atoms with van der Waals surface area (Å²) in [5.41, 5.74) is 7.18. The topological polar surface area (TPSA) is 55.6 Å². The molecule has 0 aliphatic carbocycles. The first-order chi connectivity index (χ1) is 8.38. The number of nitrogens with two attached hydrogens (primary N) is 1. The average molecular weight is 254 g/mol. The summed E-state index contributed by atoms with van der Waals surface area (Å²) in [6, 6.07) is 0. The smallest absolute Gasteiger partial charge is 0.225 e. The van der Waals surface area contributed by atoms with Gasteiger partial charge in [0.05, 0.1) is 12.5 Å². The Labute approximate surface area is 110 Å². The summed E-state index contributed by atoms with van der Waals surface area (Å²) in [6.07, 6.45) is 3.37. The molecule has 0 aromatic rings. The Morgan fingerprint density at radius 3 is 2.61 bits per heavy atom. The number of carbonyl (C=O) groups is 1. The second-order valence-corrected chi connectivity index (χ2v) is 5.87. The lowest BCUT2D eigenvalue weighted by Crippen LogP contribution is -2.39. The number of ether oxygens (including phenoxy) is 1. The minimum absolute atomic E-state index is 0.136. The molecular formula is C14H26N2O2. The summed E-state index contributed by atoms with van der Waals surface area (Å²) in [5.74, 6) is 0.136. The number of methoxy groups -OCH3 is 1. The van der Waals surface area contributed by atoms with Gasteiger partial charge in [0.2, 0.25) is 5.91 Å². The molecule has 4 nitrogen and oxygen atoms in total. The number of carbonyl (C=O) groups excluding carboxylic acids is 1. The van der Waals surface area contributed by atoms with Gasteiger partial charge in [-0.1, -0.05) is 32.4 Å². The fourth-order valence-electron chi connectivity index (χ4n) is 2.16. The first kappa shape index (κ1) is 15.2. The van der Waals surface area contributed by atoms with Crippen LogP contribution >= 0.6 is 0 Å². The summed E-state index contributed by atoms with van der Waals surface area (Å²) in [4.78, 5) is 13.9. The minimum Gasteiger partial charge on any atom is -0.380 e. The van der Waals surface area contributed by atoms with E-state index in [1.807, 2.05) is 4.90 Å². The highest BCUT2D eigenvalue weighted by molar-refractivity contribution is 5.77. The molecule has 0 bridgehead atoms. The van der Waals surface area contributed by atoms with Crippen molar-refractivity contribution >= 4 is 5.91 Å². The fourth-order valence-corrected chi connectivity index (χ4v) is 2.16. The van der Waals surface area contributed by atoms with Crippen LogP contribution in [0.4, 0.5) is 0 Å². The molecule has 1 heterocycles. The molecular weight excluding hydrogens is 228 g/mol. The van der Waals surface area contributed by atoms with Crippen LogP contribution < -0.4 is 5.73 Å². The van der Waals surface area contributed by atoms with Gasteiger partial charge in [0.15, 0.2) is 0 Å². The summed E-state index contributed by atoms with van der Waals surface area (Å²) < 4.78 is 5.15. The number of amides is 1. The molecule has 1 aliphatic rings. The number of hydrogen-bond donors (Lipinski definition) is 1. The lowest BCUT2D eigenvalue weighted by atomic mass is 9.83. The molecule has 1 amide bonds. The standard InChI is InChI=1S/C14H26N2O2/c1-14(2,3)11-5-7-16(8-6-11)13(17)9-12(10-15)18-4/h5,12H,6-10,15H2,1-4H3. The SMILES string of the molecule is COC(CN)CC(=O)N1CC=C(C(C)(C)C)CC1. The monoisotopic (exact) mass is 254 g/mol. The third kappa shape index (κ3) is 4.10. The van der Waals surface area contributed by atoms with Gasteiger partial charge in [-0.15, -0.1) is 0 Å². The summed E-state index contributed by atoms with van der Waals surface area (Å²) >= 11 is 0. The number of nitrogens with zero attached hydrogens (tertiary/aromatic N) is 1. The van der Waals surface area contributed by atoms with Crippen LogP contribution in [0.5, 0.6) is 0 Å². The second-order valence-electron chi connectivity index (χ2n) is 5.87. The van der Waals surface area contributed by atoms with Crippen LogP contribution in [0.15, 0.2) is 11.6 Å². The summed E-state index contributed by atoms with van der Waals surface area (Å²) in [7, 11) is 1.60. The lowest BCUT2D eigenvalue weighted by Gasteiger charge is -2.32. The van der Waals surface area contributed by atoms with Crippen LogP contribution in [0.2, 0.25) is 0 Å². The maximum Gasteiger partial charge on any atom is 0.225 e. The van der Waals surface area contributed by atoms with E-state index in [-0.39, 0.29) is 17.4 Å². The number of hydrogen-bond acceptors (Lipinski definition) is 3. The predicted octanol–water partition coefficient (Wildman–Crippen LogP) is 1.55. The quantitative estimate of drug-likeness (QED) is 0.775. The fraction of sp³-hybridized carbons (Fsp3) is 0.786. The molecule has 2 N–H and O–H groups in total. The van der Waals surface area contributed by atoms with Gasteiger partial charge in [0.1, 0.15) is 0 Å². The molecule has 0 saturated heterocycles. The molecule has 0 spiro atoms. The van der Waals surface area contributed by atoms with Gasteiger partial charge in [-0.2, -0.15) is 0 Å². The maximum absolute atomic E-state index is 12.0. The van der Waals surface area contributed by atoms with Gasteiger partial charge in [0.25, 0.3) is 0 Å². The molecule has 0 fully saturated rings. The third-order valence-electron chi connectivity index (χ3n) is 3.52. The lowest BCUT2D eigenvalue weighted by molar-refractivity contribution is -0.133. The van der Waals surface area contributed by atoms with E-state index in [9.17, 15) is 4.79 Å². The van der Waals surface area contributed by atoms with Crippen molar-refractivity contribution in [2.45, 2.75) is 39.7 Å². The minimum atomic E-state index is -0.162. The molecule has 1 rings (SSSR count). The Morgan fingerprint density at radius 1 is 1.56 bits per heavy atom. The van der Waals surface area contributed by atoms with E-state index >= 15 is 0 Å². The van der Waals surface area contributed by atoms with Gasteiger partial charge in [-0.25, -0.2) is 0 Å². The largest absolute Gasteiger partial charge is 0.380 e. The van der Waals surface area contributed by atoms with Crippen LogP contribution in [0.25, 0.3) is 0 Å². The predicted molar refractivity (Wildman–Crippen MR) is 73.2 cm³/mol. The molecule has 0 aromatic carbocycles. The molecule has 1 unspecified atom stereocenters. The van der Waals surface area contributed by atoms with Crippen LogP contribution in [-0.4, -0.2) is 43.7 Å². The average Bonchev–Trinajstić information content (AvgIpc) is 2.34. The van der Waals surface area contributed by atoms with Crippen molar-refractivity contribution in [1.29, 1.82) is 0 Å². The van der Waals surface area contributed by atoms with Crippen molar-refractivity contribution in [3.05, 3.63) is 11.6 Å². The maximum atomic E-state index is 12.0. The van der Waals surface area contributed by atoms with Gasteiger partial charge in [-0.05, 0) is 11.8 Å². The Kier molecular flexibility index (Phi) is 5.35. The Bertz CT molecular complexity index is 314. The van der Waals surface area contributed by atoms with E-state index in [2.05, 4.69) is 26.8 Å².